The van der Waals surface area contributed by atoms with Gasteiger partial charge in [0.1, 0.15) is 0 Å². The van der Waals surface area contributed by atoms with Crippen molar-refractivity contribution < 1.29 is 0 Å². The molecule has 0 saturated carbocycles. The maximum absolute atomic E-state index is 3.64. The van der Waals surface area contributed by atoms with Gasteiger partial charge in [0.15, 0.2) is 0 Å². The summed E-state index contributed by atoms with van der Waals surface area (Å²) in [6.07, 6.45) is 4.07. The highest BCUT2D eigenvalue weighted by molar-refractivity contribution is 5.06. The van der Waals surface area contributed by atoms with Gasteiger partial charge in [0.2, 0.25) is 0 Å². The highest BCUT2D eigenvalue weighted by Crippen LogP contribution is 2.31. The fourth-order valence-electron chi connectivity index (χ4n) is 2.44. The summed E-state index contributed by atoms with van der Waals surface area (Å²) in [7, 11) is 0. The van der Waals surface area contributed by atoms with Crippen molar-refractivity contribution in [2.45, 2.75) is 44.7 Å². The van der Waals surface area contributed by atoms with Crippen LogP contribution in [0.15, 0.2) is 0 Å². The first-order chi connectivity index (χ1) is 5.76. The molecule has 2 rings (SSSR count). The Bertz CT molecular complexity index is 153. The standard InChI is InChI=1S/C10H20N2/c1-3-9(2)12-7-10(8-12)5-4-6-11-10/h9,11H,3-8H2,1-2H3. The van der Waals surface area contributed by atoms with Gasteiger partial charge in [-0.2, -0.15) is 0 Å². The first-order valence-corrected chi connectivity index (χ1v) is 5.25. The van der Waals surface area contributed by atoms with E-state index >= 15 is 0 Å². The van der Waals surface area contributed by atoms with E-state index < -0.39 is 0 Å². The van der Waals surface area contributed by atoms with Gasteiger partial charge in [-0.1, -0.05) is 6.92 Å². The molecular formula is C10H20N2. The van der Waals surface area contributed by atoms with E-state index in [9.17, 15) is 0 Å². The minimum atomic E-state index is 0.545. The first-order valence-electron chi connectivity index (χ1n) is 5.25. The van der Waals surface area contributed by atoms with Crippen molar-refractivity contribution in [2.75, 3.05) is 19.6 Å². The predicted molar refractivity (Wildman–Crippen MR) is 51.3 cm³/mol. The summed E-state index contributed by atoms with van der Waals surface area (Å²) in [6.45, 7) is 8.44. The van der Waals surface area contributed by atoms with Crippen LogP contribution in [0.25, 0.3) is 0 Å². The van der Waals surface area contributed by atoms with Gasteiger partial charge in [-0.05, 0) is 32.7 Å². The van der Waals surface area contributed by atoms with Crippen molar-refractivity contribution in [2.24, 2.45) is 0 Å². The molecule has 0 radical (unpaired) electrons. The van der Waals surface area contributed by atoms with E-state index in [1.54, 1.807) is 0 Å². The number of nitrogens with one attached hydrogen (secondary N) is 1. The average molecular weight is 168 g/mol. The van der Waals surface area contributed by atoms with Crippen molar-refractivity contribution in [3.63, 3.8) is 0 Å². The Morgan fingerprint density at radius 3 is 2.75 bits per heavy atom. The van der Waals surface area contributed by atoms with E-state index in [0.717, 1.165) is 6.04 Å². The second kappa shape index (κ2) is 3.00. The zero-order valence-electron chi connectivity index (χ0n) is 8.27. The molecule has 1 spiro atoms. The molecule has 2 heteroatoms. The maximum atomic E-state index is 3.64. The van der Waals surface area contributed by atoms with Crippen LogP contribution in [0.4, 0.5) is 0 Å². The Hall–Kier alpha value is -0.0800. The van der Waals surface area contributed by atoms with Crippen LogP contribution in [0.1, 0.15) is 33.1 Å². The maximum Gasteiger partial charge on any atom is 0.0438 e. The lowest BCUT2D eigenvalue weighted by atomic mass is 9.87. The van der Waals surface area contributed by atoms with Crippen LogP contribution in [0, 0.1) is 0 Å². The second-order valence-electron chi connectivity index (χ2n) is 4.47. The summed E-state index contributed by atoms with van der Waals surface area (Å²) in [5, 5.41) is 3.64. The van der Waals surface area contributed by atoms with E-state index in [0.29, 0.717) is 5.54 Å². The molecule has 2 heterocycles. The van der Waals surface area contributed by atoms with Crippen LogP contribution in [0.2, 0.25) is 0 Å². The van der Waals surface area contributed by atoms with Gasteiger partial charge in [-0.25, -0.2) is 0 Å². The summed E-state index contributed by atoms with van der Waals surface area (Å²) < 4.78 is 0. The third kappa shape index (κ3) is 1.27. The smallest absolute Gasteiger partial charge is 0.0438 e. The summed E-state index contributed by atoms with van der Waals surface area (Å²) in [4.78, 5) is 2.60. The van der Waals surface area contributed by atoms with E-state index in [-0.39, 0.29) is 0 Å². The highest BCUT2D eigenvalue weighted by atomic mass is 15.3. The van der Waals surface area contributed by atoms with Crippen molar-refractivity contribution in [1.29, 1.82) is 0 Å². The number of hydrogen-bond donors (Lipinski definition) is 1. The van der Waals surface area contributed by atoms with E-state index in [1.807, 2.05) is 0 Å². The summed E-state index contributed by atoms with van der Waals surface area (Å²) in [6, 6.07) is 0.790. The monoisotopic (exact) mass is 168 g/mol. The predicted octanol–water partition coefficient (Wildman–Crippen LogP) is 1.22. The lowest BCUT2D eigenvalue weighted by Crippen LogP contribution is -2.68. The molecular weight excluding hydrogens is 148 g/mol. The summed E-state index contributed by atoms with van der Waals surface area (Å²) >= 11 is 0. The molecule has 0 aromatic heterocycles. The highest BCUT2D eigenvalue weighted by Gasteiger charge is 2.45. The van der Waals surface area contributed by atoms with Crippen LogP contribution in [-0.4, -0.2) is 36.1 Å². The van der Waals surface area contributed by atoms with Gasteiger partial charge < -0.3 is 5.32 Å². The Morgan fingerprint density at radius 2 is 2.25 bits per heavy atom. The third-order valence-corrected chi connectivity index (χ3v) is 3.56. The van der Waals surface area contributed by atoms with Crippen LogP contribution in [0.5, 0.6) is 0 Å². The molecule has 0 amide bonds. The topological polar surface area (TPSA) is 15.3 Å². The molecule has 0 aliphatic carbocycles. The number of rotatable bonds is 2. The average Bonchev–Trinajstić information content (AvgIpc) is 2.48. The van der Waals surface area contributed by atoms with Crippen LogP contribution < -0.4 is 5.32 Å². The van der Waals surface area contributed by atoms with Gasteiger partial charge in [0.05, 0.1) is 0 Å². The SMILES string of the molecule is CCC(C)N1CC2(CCCN2)C1. The molecule has 70 valence electrons. The molecule has 2 nitrogen and oxygen atoms in total. The van der Waals surface area contributed by atoms with E-state index in [1.165, 1.54) is 38.9 Å². The van der Waals surface area contributed by atoms with Crippen LogP contribution >= 0.6 is 0 Å². The Balaban J connectivity index is 1.82. The molecule has 2 aliphatic heterocycles. The minimum Gasteiger partial charge on any atom is -0.309 e. The number of likely N-dealkylation sites (tertiary alicyclic amines) is 1. The fourth-order valence-corrected chi connectivity index (χ4v) is 2.44. The van der Waals surface area contributed by atoms with Gasteiger partial charge in [-0.3, -0.25) is 4.90 Å². The van der Waals surface area contributed by atoms with E-state index in [4.69, 9.17) is 0 Å². The number of nitrogens with zero attached hydrogens (tertiary/aromatic N) is 1. The van der Waals surface area contributed by atoms with Gasteiger partial charge in [0, 0.05) is 24.7 Å². The molecule has 2 aliphatic rings. The van der Waals surface area contributed by atoms with Gasteiger partial charge in [-0.15, -0.1) is 0 Å². The zero-order valence-corrected chi connectivity index (χ0v) is 8.27. The second-order valence-corrected chi connectivity index (χ2v) is 4.47. The molecule has 1 N–H and O–H groups in total. The summed E-state index contributed by atoms with van der Waals surface area (Å²) in [5.74, 6) is 0. The Morgan fingerprint density at radius 1 is 1.50 bits per heavy atom. The molecule has 2 fully saturated rings. The first kappa shape index (κ1) is 8.52. The molecule has 1 atom stereocenters. The zero-order chi connectivity index (χ0) is 8.60. The normalized spacial score (nSPS) is 30.5. The summed E-state index contributed by atoms with van der Waals surface area (Å²) in [5.41, 5.74) is 0.545. The van der Waals surface area contributed by atoms with Crippen molar-refractivity contribution >= 4 is 0 Å². The lowest BCUT2D eigenvalue weighted by Gasteiger charge is -2.51. The minimum absolute atomic E-state index is 0.545. The Kier molecular flexibility index (Phi) is 2.13. The third-order valence-electron chi connectivity index (χ3n) is 3.56. The quantitative estimate of drug-likeness (QED) is 0.667. The van der Waals surface area contributed by atoms with Crippen molar-refractivity contribution in [3.8, 4) is 0 Å². The molecule has 2 saturated heterocycles. The molecule has 1 unspecified atom stereocenters. The van der Waals surface area contributed by atoms with Crippen LogP contribution in [0.3, 0.4) is 0 Å². The largest absolute Gasteiger partial charge is 0.309 e. The lowest BCUT2D eigenvalue weighted by molar-refractivity contribution is 0.0216. The van der Waals surface area contributed by atoms with Crippen molar-refractivity contribution in [1.82, 2.24) is 10.2 Å². The van der Waals surface area contributed by atoms with Gasteiger partial charge >= 0.3 is 0 Å². The van der Waals surface area contributed by atoms with Crippen LogP contribution in [-0.2, 0) is 0 Å². The van der Waals surface area contributed by atoms with Gasteiger partial charge in [0.25, 0.3) is 0 Å². The molecule has 12 heavy (non-hydrogen) atoms. The molecule has 0 aromatic rings. The van der Waals surface area contributed by atoms with Crippen molar-refractivity contribution in [3.05, 3.63) is 0 Å². The molecule has 0 aromatic carbocycles. The number of hydrogen-bond acceptors (Lipinski definition) is 2. The fraction of sp³-hybridized carbons (Fsp3) is 1.00. The molecule has 0 bridgehead atoms. The van der Waals surface area contributed by atoms with E-state index in [2.05, 4.69) is 24.1 Å². The Labute approximate surface area is 75.3 Å².